The number of carbonyl (C=O) groups is 2. The Labute approximate surface area is 229 Å². The van der Waals surface area contributed by atoms with Gasteiger partial charge in [0.2, 0.25) is 0 Å². The Morgan fingerprint density at radius 3 is 2.68 bits per heavy atom. The molecule has 0 radical (unpaired) electrons. The first-order valence-corrected chi connectivity index (χ1v) is 13.7. The number of fused-ring (bicyclic) bond motifs is 3. The molecule has 1 aromatic carbocycles. The van der Waals surface area contributed by atoms with Gasteiger partial charge in [-0.05, 0) is 72.8 Å². The third kappa shape index (κ3) is 4.99. The fourth-order valence-corrected chi connectivity index (χ4v) is 7.25. The van der Waals surface area contributed by atoms with E-state index in [4.69, 9.17) is 23.2 Å². The first kappa shape index (κ1) is 27.5. The molecule has 5 nitrogen and oxygen atoms in total. The Bertz CT molecular complexity index is 1270. The average molecular weight is 542 g/mol. The van der Waals surface area contributed by atoms with Gasteiger partial charge in [0.25, 0.3) is 5.91 Å². The van der Waals surface area contributed by atoms with Crippen molar-refractivity contribution >= 4 is 35.1 Å². The van der Waals surface area contributed by atoms with Crippen molar-refractivity contribution in [3.05, 3.63) is 62.9 Å². The second kappa shape index (κ2) is 10.7. The molecule has 0 saturated heterocycles. The van der Waals surface area contributed by atoms with Crippen LogP contribution in [0, 0.1) is 23.2 Å². The second-order valence-corrected chi connectivity index (χ2v) is 11.9. The number of hydrogen-bond donors (Lipinski definition) is 1. The summed E-state index contributed by atoms with van der Waals surface area (Å²) in [5, 5.41) is 11.3. The van der Waals surface area contributed by atoms with Crippen LogP contribution in [-0.4, -0.2) is 40.0 Å². The van der Waals surface area contributed by atoms with Crippen molar-refractivity contribution in [3.63, 3.8) is 0 Å². The van der Waals surface area contributed by atoms with Crippen LogP contribution in [0.3, 0.4) is 0 Å². The second-order valence-electron chi connectivity index (χ2n) is 11.1. The minimum atomic E-state index is -0.971. The van der Waals surface area contributed by atoms with Crippen molar-refractivity contribution in [2.45, 2.75) is 71.1 Å². The fraction of sp³-hybridized carbons (Fsp3) is 0.500. The quantitative estimate of drug-likeness (QED) is 0.329. The molecule has 2 aliphatic rings. The first-order valence-electron chi connectivity index (χ1n) is 13.0. The lowest BCUT2D eigenvalue weighted by atomic mass is 9.53. The van der Waals surface area contributed by atoms with Crippen LogP contribution in [0.15, 0.2) is 30.5 Å². The van der Waals surface area contributed by atoms with Gasteiger partial charge in [0.15, 0.2) is 0 Å². The van der Waals surface area contributed by atoms with Gasteiger partial charge in [-0.15, -0.1) is 0 Å². The zero-order valence-corrected chi connectivity index (χ0v) is 23.4. The number of pyridine rings is 1. The maximum atomic E-state index is 14.1. The molecule has 3 atom stereocenters. The SMILES string of the molecule is CC(C)c1c(Cl)cc2c(c1Cl)C(=O)N(CCCC#Cc1ccccn1)C[C@H]1[C@](C)(C(=O)O)CCC[C@]21C. The predicted molar refractivity (Wildman–Crippen MR) is 147 cm³/mol. The number of unbranched alkanes of at least 4 members (excludes halogenated alkanes) is 1. The molecular weight excluding hydrogens is 507 g/mol. The average Bonchev–Trinajstić information content (AvgIpc) is 2.93. The van der Waals surface area contributed by atoms with Gasteiger partial charge in [0, 0.05) is 36.6 Å². The molecule has 0 spiro atoms. The van der Waals surface area contributed by atoms with E-state index < -0.39 is 16.8 Å². The maximum Gasteiger partial charge on any atom is 0.309 e. The van der Waals surface area contributed by atoms with E-state index in [1.54, 1.807) is 11.1 Å². The molecule has 2 aromatic rings. The normalized spacial score (nSPS) is 25.1. The molecule has 1 aliphatic heterocycles. The molecule has 2 heterocycles. The van der Waals surface area contributed by atoms with E-state index in [-0.39, 0.29) is 17.7 Å². The molecule has 1 aromatic heterocycles. The molecule has 1 fully saturated rings. The summed E-state index contributed by atoms with van der Waals surface area (Å²) in [6.07, 6.45) is 5.07. The number of nitrogens with zero attached hydrogens (tertiary/aromatic N) is 2. The van der Waals surface area contributed by atoms with Crippen LogP contribution in [0.4, 0.5) is 0 Å². The van der Waals surface area contributed by atoms with E-state index in [1.807, 2.05) is 45.0 Å². The highest BCUT2D eigenvalue weighted by atomic mass is 35.5. The Kier molecular flexibility index (Phi) is 7.93. The van der Waals surface area contributed by atoms with Crippen LogP contribution in [0.5, 0.6) is 0 Å². The summed E-state index contributed by atoms with van der Waals surface area (Å²) in [6, 6.07) is 7.49. The summed E-state index contributed by atoms with van der Waals surface area (Å²) in [5.41, 5.74) is 1.22. The zero-order valence-electron chi connectivity index (χ0n) is 21.9. The Hall–Kier alpha value is -2.55. The molecule has 0 unspecified atom stereocenters. The lowest BCUT2D eigenvalue weighted by Crippen LogP contribution is -2.53. The Morgan fingerprint density at radius 2 is 2.03 bits per heavy atom. The Morgan fingerprint density at radius 1 is 1.27 bits per heavy atom. The van der Waals surface area contributed by atoms with Crippen molar-refractivity contribution in [2.75, 3.05) is 13.1 Å². The molecule has 196 valence electrons. The lowest BCUT2D eigenvalue weighted by Gasteiger charge is -2.50. The van der Waals surface area contributed by atoms with Gasteiger partial charge in [-0.3, -0.25) is 9.59 Å². The number of halogens is 2. The summed E-state index contributed by atoms with van der Waals surface area (Å²) in [6.45, 7) is 8.75. The summed E-state index contributed by atoms with van der Waals surface area (Å²) in [7, 11) is 0. The number of carboxylic acid groups (broad SMARTS) is 1. The van der Waals surface area contributed by atoms with Crippen molar-refractivity contribution in [1.82, 2.24) is 9.88 Å². The van der Waals surface area contributed by atoms with Crippen molar-refractivity contribution in [1.29, 1.82) is 0 Å². The number of aliphatic carboxylic acids is 1. The summed E-state index contributed by atoms with van der Waals surface area (Å²) >= 11 is 13.7. The van der Waals surface area contributed by atoms with E-state index in [9.17, 15) is 14.7 Å². The summed E-state index contributed by atoms with van der Waals surface area (Å²) in [5.74, 6) is 4.98. The molecule has 1 amide bonds. The minimum Gasteiger partial charge on any atom is -0.481 e. The van der Waals surface area contributed by atoms with Crippen molar-refractivity contribution in [2.24, 2.45) is 11.3 Å². The van der Waals surface area contributed by atoms with E-state index in [2.05, 4.69) is 23.7 Å². The monoisotopic (exact) mass is 540 g/mol. The van der Waals surface area contributed by atoms with Crippen LogP contribution in [0.1, 0.15) is 92.9 Å². The Balaban J connectivity index is 1.75. The van der Waals surface area contributed by atoms with E-state index in [0.717, 1.165) is 24.0 Å². The number of carbonyl (C=O) groups excluding carboxylic acids is 1. The lowest BCUT2D eigenvalue weighted by molar-refractivity contribution is -0.157. The van der Waals surface area contributed by atoms with E-state index >= 15 is 0 Å². The number of amides is 1. The molecule has 4 rings (SSSR count). The molecule has 7 heteroatoms. The standard InChI is InChI=1S/C30H34Cl2N2O3/c1-19(2)24-22(31)17-21-25(26(24)32)27(35)34(16-9-5-6-11-20-12-7-8-15-33-20)18-23-29(21,3)13-10-14-30(23,4)28(36)37/h7-8,12,15,17,19,23H,5,9-10,13-14,16,18H2,1-4H3,(H,36,37)/t23-,29-,30-/m1/s1. The third-order valence-electron chi connectivity index (χ3n) is 8.38. The number of aromatic nitrogens is 1. The van der Waals surface area contributed by atoms with Crippen LogP contribution in [0.2, 0.25) is 10.0 Å². The number of hydrogen-bond acceptors (Lipinski definition) is 3. The molecule has 37 heavy (non-hydrogen) atoms. The van der Waals surface area contributed by atoms with Crippen LogP contribution >= 0.6 is 23.2 Å². The van der Waals surface area contributed by atoms with Gasteiger partial charge < -0.3 is 10.0 Å². The predicted octanol–water partition coefficient (Wildman–Crippen LogP) is 6.95. The van der Waals surface area contributed by atoms with Crippen molar-refractivity contribution < 1.29 is 14.7 Å². The largest absolute Gasteiger partial charge is 0.481 e. The van der Waals surface area contributed by atoms with E-state index in [0.29, 0.717) is 53.7 Å². The number of rotatable bonds is 5. The molecule has 0 bridgehead atoms. The maximum absolute atomic E-state index is 14.1. The first-order chi connectivity index (χ1) is 17.5. The number of carboxylic acids is 1. The van der Waals surface area contributed by atoms with Crippen molar-refractivity contribution in [3.8, 4) is 11.8 Å². The molecular formula is C30H34Cl2N2O3. The highest BCUT2D eigenvalue weighted by Gasteiger charge is 2.57. The third-order valence-corrected chi connectivity index (χ3v) is 9.09. The van der Waals surface area contributed by atoms with Gasteiger partial charge in [0.05, 0.1) is 16.0 Å². The molecule has 1 aliphatic carbocycles. The number of benzene rings is 1. The van der Waals surface area contributed by atoms with Crippen LogP contribution < -0.4 is 0 Å². The van der Waals surface area contributed by atoms with Gasteiger partial charge in [-0.2, -0.15) is 0 Å². The van der Waals surface area contributed by atoms with E-state index in [1.165, 1.54) is 0 Å². The van der Waals surface area contributed by atoms with Gasteiger partial charge in [-0.25, -0.2) is 4.98 Å². The smallest absolute Gasteiger partial charge is 0.309 e. The minimum absolute atomic E-state index is 0.0379. The summed E-state index contributed by atoms with van der Waals surface area (Å²) in [4.78, 5) is 32.7. The highest BCUT2D eigenvalue weighted by Crippen LogP contribution is 2.56. The van der Waals surface area contributed by atoms with Crippen LogP contribution in [-0.2, 0) is 10.2 Å². The van der Waals surface area contributed by atoms with Crippen LogP contribution in [0.25, 0.3) is 0 Å². The fourth-order valence-electron chi connectivity index (χ4n) is 6.28. The van der Waals surface area contributed by atoms with Gasteiger partial charge >= 0.3 is 5.97 Å². The highest BCUT2D eigenvalue weighted by molar-refractivity contribution is 6.38. The topological polar surface area (TPSA) is 70.5 Å². The molecule has 1 N–H and O–H groups in total. The molecule has 1 saturated carbocycles. The van der Waals surface area contributed by atoms with Gasteiger partial charge in [0.1, 0.15) is 5.69 Å². The van der Waals surface area contributed by atoms with Gasteiger partial charge in [-0.1, -0.05) is 62.4 Å². The zero-order chi connectivity index (χ0) is 27.0. The summed E-state index contributed by atoms with van der Waals surface area (Å²) < 4.78 is 0.